The Labute approximate surface area is 114 Å². The number of ether oxygens (including phenoxy) is 1. The fraction of sp³-hybridized carbons (Fsp3) is 0.533. The molecule has 19 heavy (non-hydrogen) atoms. The summed E-state index contributed by atoms with van der Waals surface area (Å²) in [6.45, 7) is 2.15. The second-order valence-corrected chi connectivity index (χ2v) is 5.03. The zero-order valence-corrected chi connectivity index (χ0v) is 11.5. The van der Waals surface area contributed by atoms with Gasteiger partial charge < -0.3 is 15.4 Å². The lowest BCUT2D eigenvalue weighted by Crippen LogP contribution is -2.38. The zero-order valence-electron chi connectivity index (χ0n) is 11.5. The highest BCUT2D eigenvalue weighted by atomic mass is 16.5. The van der Waals surface area contributed by atoms with Crippen LogP contribution in [-0.2, 0) is 9.53 Å². The quantitative estimate of drug-likeness (QED) is 0.844. The first-order chi connectivity index (χ1) is 9.22. The van der Waals surface area contributed by atoms with Gasteiger partial charge in [-0.25, -0.2) is 0 Å². The largest absolute Gasteiger partial charge is 0.398 e. The summed E-state index contributed by atoms with van der Waals surface area (Å²) >= 11 is 0. The van der Waals surface area contributed by atoms with E-state index in [0.717, 1.165) is 31.6 Å². The standard InChI is InChI=1S/C15H22N2O2/c1-19-11-8-15(18)17-9-6-12(7-10-17)13-4-2-3-5-14(13)16/h2-5,12H,6-11,16H2,1H3. The number of amides is 1. The molecular formula is C15H22N2O2. The van der Waals surface area contributed by atoms with E-state index in [2.05, 4.69) is 6.07 Å². The van der Waals surface area contributed by atoms with E-state index in [9.17, 15) is 4.79 Å². The number of nitrogen functional groups attached to an aromatic ring is 1. The van der Waals surface area contributed by atoms with Crippen molar-refractivity contribution in [2.24, 2.45) is 0 Å². The molecule has 104 valence electrons. The third-order valence-electron chi connectivity index (χ3n) is 3.80. The molecular weight excluding hydrogens is 240 g/mol. The number of hydrogen-bond acceptors (Lipinski definition) is 3. The summed E-state index contributed by atoms with van der Waals surface area (Å²) in [6.07, 6.45) is 2.47. The number of piperidine rings is 1. The van der Waals surface area contributed by atoms with Gasteiger partial charge in [-0.2, -0.15) is 0 Å². The van der Waals surface area contributed by atoms with Crippen molar-refractivity contribution >= 4 is 11.6 Å². The van der Waals surface area contributed by atoms with Gasteiger partial charge in [-0.1, -0.05) is 18.2 Å². The SMILES string of the molecule is COCCC(=O)N1CCC(c2ccccc2N)CC1. The molecule has 0 bridgehead atoms. The maximum absolute atomic E-state index is 11.9. The molecule has 0 aromatic heterocycles. The third-order valence-corrected chi connectivity index (χ3v) is 3.80. The van der Waals surface area contributed by atoms with Crippen molar-refractivity contribution in [2.45, 2.75) is 25.2 Å². The van der Waals surface area contributed by atoms with E-state index in [0.29, 0.717) is 18.9 Å². The van der Waals surface area contributed by atoms with E-state index < -0.39 is 0 Å². The van der Waals surface area contributed by atoms with E-state index in [4.69, 9.17) is 10.5 Å². The molecule has 0 aliphatic carbocycles. The van der Waals surface area contributed by atoms with Gasteiger partial charge in [0.2, 0.25) is 5.91 Å². The Bertz CT molecular complexity index is 426. The summed E-state index contributed by atoms with van der Waals surface area (Å²) < 4.78 is 4.95. The molecule has 1 saturated heterocycles. The number of rotatable bonds is 4. The van der Waals surface area contributed by atoms with E-state index in [1.807, 2.05) is 23.1 Å². The highest BCUT2D eigenvalue weighted by Crippen LogP contribution is 2.31. The molecule has 4 heteroatoms. The molecule has 1 aliphatic rings. The van der Waals surface area contributed by atoms with E-state index >= 15 is 0 Å². The molecule has 0 unspecified atom stereocenters. The highest BCUT2D eigenvalue weighted by Gasteiger charge is 2.24. The first-order valence-corrected chi connectivity index (χ1v) is 6.83. The van der Waals surface area contributed by atoms with Crippen LogP contribution in [0.3, 0.4) is 0 Å². The molecule has 2 N–H and O–H groups in total. The van der Waals surface area contributed by atoms with E-state index in [1.165, 1.54) is 5.56 Å². The molecule has 1 aromatic rings. The second-order valence-electron chi connectivity index (χ2n) is 5.03. The highest BCUT2D eigenvalue weighted by molar-refractivity contribution is 5.76. The van der Waals surface area contributed by atoms with Crippen LogP contribution in [0.25, 0.3) is 0 Å². The number of anilines is 1. The zero-order chi connectivity index (χ0) is 13.7. The van der Waals surface area contributed by atoms with Gasteiger partial charge in [-0.05, 0) is 30.4 Å². The molecule has 1 amide bonds. The fourth-order valence-electron chi connectivity index (χ4n) is 2.67. The van der Waals surface area contributed by atoms with Crippen molar-refractivity contribution in [3.63, 3.8) is 0 Å². The molecule has 4 nitrogen and oxygen atoms in total. The molecule has 1 aromatic carbocycles. The van der Waals surface area contributed by atoms with Crippen molar-refractivity contribution in [3.8, 4) is 0 Å². The summed E-state index contributed by atoms with van der Waals surface area (Å²) in [6, 6.07) is 8.04. The fourth-order valence-corrected chi connectivity index (χ4v) is 2.67. The Morgan fingerprint density at radius 3 is 2.68 bits per heavy atom. The molecule has 1 fully saturated rings. The second kappa shape index (κ2) is 6.57. The molecule has 2 rings (SSSR count). The maximum Gasteiger partial charge on any atom is 0.224 e. The first kappa shape index (κ1) is 13.9. The molecule has 1 heterocycles. The normalized spacial score (nSPS) is 16.6. The number of nitrogens with two attached hydrogens (primary N) is 1. The van der Waals surface area contributed by atoms with E-state index in [1.54, 1.807) is 7.11 Å². The minimum atomic E-state index is 0.196. The van der Waals surface area contributed by atoms with Crippen LogP contribution in [-0.4, -0.2) is 37.6 Å². The summed E-state index contributed by atoms with van der Waals surface area (Å²) in [5.74, 6) is 0.675. The van der Waals surface area contributed by atoms with Crippen molar-refractivity contribution in [3.05, 3.63) is 29.8 Å². The minimum absolute atomic E-state index is 0.196. The van der Waals surface area contributed by atoms with Crippen molar-refractivity contribution < 1.29 is 9.53 Å². The van der Waals surface area contributed by atoms with Gasteiger partial charge in [0.25, 0.3) is 0 Å². The number of carbonyl (C=O) groups is 1. The number of nitrogens with zero attached hydrogens (tertiary/aromatic N) is 1. The number of carbonyl (C=O) groups excluding carboxylic acids is 1. The average molecular weight is 262 g/mol. The number of para-hydroxylation sites is 1. The van der Waals surface area contributed by atoms with Crippen LogP contribution in [0, 0.1) is 0 Å². The number of methoxy groups -OCH3 is 1. The van der Waals surface area contributed by atoms with Gasteiger partial charge in [-0.3, -0.25) is 4.79 Å². The smallest absolute Gasteiger partial charge is 0.224 e. The lowest BCUT2D eigenvalue weighted by molar-refractivity contribution is -0.133. The lowest BCUT2D eigenvalue weighted by Gasteiger charge is -2.32. The Hall–Kier alpha value is -1.55. The average Bonchev–Trinajstić information content (AvgIpc) is 2.45. The number of benzene rings is 1. The van der Waals surface area contributed by atoms with Gasteiger partial charge in [0.15, 0.2) is 0 Å². The van der Waals surface area contributed by atoms with Gasteiger partial charge in [0.1, 0.15) is 0 Å². The minimum Gasteiger partial charge on any atom is -0.398 e. The molecule has 0 atom stereocenters. The Kier molecular flexibility index (Phi) is 4.80. The van der Waals surface area contributed by atoms with Crippen molar-refractivity contribution in [2.75, 3.05) is 32.5 Å². The Balaban J connectivity index is 1.89. The molecule has 0 spiro atoms. The van der Waals surface area contributed by atoms with Crippen LogP contribution in [0.1, 0.15) is 30.7 Å². The molecule has 0 radical (unpaired) electrons. The van der Waals surface area contributed by atoms with Gasteiger partial charge >= 0.3 is 0 Å². The topological polar surface area (TPSA) is 55.6 Å². The van der Waals surface area contributed by atoms with E-state index in [-0.39, 0.29) is 5.91 Å². The molecule has 0 saturated carbocycles. The summed E-state index contributed by atoms with van der Waals surface area (Å²) in [5.41, 5.74) is 8.11. The van der Waals surface area contributed by atoms with Crippen molar-refractivity contribution in [1.82, 2.24) is 4.90 Å². The first-order valence-electron chi connectivity index (χ1n) is 6.83. The van der Waals surface area contributed by atoms with Crippen molar-refractivity contribution in [1.29, 1.82) is 0 Å². The summed E-state index contributed by atoms with van der Waals surface area (Å²) in [5, 5.41) is 0. The van der Waals surface area contributed by atoms with Crippen LogP contribution in [0.5, 0.6) is 0 Å². The van der Waals surface area contributed by atoms with Crippen LogP contribution in [0.2, 0.25) is 0 Å². The summed E-state index contributed by atoms with van der Waals surface area (Å²) in [4.78, 5) is 13.8. The van der Waals surface area contributed by atoms with Crippen LogP contribution < -0.4 is 5.73 Å². The lowest BCUT2D eigenvalue weighted by atomic mass is 9.88. The van der Waals surface area contributed by atoms with Gasteiger partial charge in [-0.15, -0.1) is 0 Å². The van der Waals surface area contributed by atoms with Crippen LogP contribution in [0.4, 0.5) is 5.69 Å². The third kappa shape index (κ3) is 3.47. The molecule has 1 aliphatic heterocycles. The van der Waals surface area contributed by atoms with Gasteiger partial charge in [0.05, 0.1) is 13.0 Å². The Morgan fingerprint density at radius 1 is 1.37 bits per heavy atom. The Morgan fingerprint density at radius 2 is 2.05 bits per heavy atom. The number of hydrogen-bond donors (Lipinski definition) is 1. The predicted molar refractivity (Wildman–Crippen MR) is 75.9 cm³/mol. The van der Waals surface area contributed by atoms with Gasteiger partial charge in [0, 0.05) is 25.9 Å². The predicted octanol–water partition coefficient (Wildman–Crippen LogP) is 2.01. The summed E-state index contributed by atoms with van der Waals surface area (Å²) in [7, 11) is 1.62. The number of likely N-dealkylation sites (tertiary alicyclic amines) is 1. The van der Waals surface area contributed by atoms with Crippen LogP contribution in [0.15, 0.2) is 24.3 Å². The monoisotopic (exact) mass is 262 g/mol. The maximum atomic E-state index is 11.9. The van der Waals surface area contributed by atoms with Crippen LogP contribution >= 0.6 is 0 Å².